The summed E-state index contributed by atoms with van der Waals surface area (Å²) in [5.41, 5.74) is 0.635. The van der Waals surface area contributed by atoms with Crippen molar-refractivity contribution in [3.05, 3.63) is 56.1 Å². The largest absolute Gasteiger partial charge is 0.462 e. The summed E-state index contributed by atoms with van der Waals surface area (Å²) in [4.78, 5) is 26.9. The van der Waals surface area contributed by atoms with Gasteiger partial charge in [-0.2, -0.15) is 0 Å². The number of rotatable bonds is 4. The maximum Gasteiger partial charge on any atom is 0.349 e. The molecule has 0 aliphatic heterocycles. The molecule has 0 radical (unpaired) electrons. The summed E-state index contributed by atoms with van der Waals surface area (Å²) in [6.45, 7) is 2.07. The van der Waals surface area contributed by atoms with Crippen molar-refractivity contribution < 1.29 is 9.53 Å². The second kappa shape index (κ2) is 7.13. The Bertz CT molecular complexity index is 960. The van der Waals surface area contributed by atoms with Crippen molar-refractivity contribution in [2.75, 3.05) is 12.9 Å². The van der Waals surface area contributed by atoms with Crippen molar-refractivity contribution in [2.45, 2.75) is 11.8 Å². The van der Waals surface area contributed by atoms with E-state index < -0.39 is 0 Å². The fourth-order valence-corrected chi connectivity index (χ4v) is 4.72. The highest BCUT2D eigenvalue weighted by molar-refractivity contribution is 9.10. The Morgan fingerprint density at radius 3 is 2.58 bits per heavy atom. The highest BCUT2D eigenvalue weighted by Gasteiger charge is 2.20. The molecule has 3 rings (SSSR count). The van der Waals surface area contributed by atoms with E-state index >= 15 is 0 Å². The number of hydrogen-bond acceptors (Lipinski definition) is 5. The first-order valence-corrected chi connectivity index (χ1v) is 10.1. The van der Waals surface area contributed by atoms with Crippen LogP contribution in [0.15, 0.2) is 50.6 Å². The van der Waals surface area contributed by atoms with Crippen LogP contribution in [0.5, 0.6) is 0 Å². The first-order chi connectivity index (χ1) is 11.6. The fraction of sp³-hybridized carbons (Fsp3) is 0.176. The highest BCUT2D eigenvalue weighted by Crippen LogP contribution is 2.36. The Morgan fingerprint density at radius 1 is 1.25 bits per heavy atom. The maximum absolute atomic E-state index is 12.4. The van der Waals surface area contributed by atoms with Crippen molar-refractivity contribution in [1.82, 2.24) is 4.57 Å². The molecule has 1 aromatic carbocycles. The van der Waals surface area contributed by atoms with E-state index in [4.69, 9.17) is 4.74 Å². The van der Waals surface area contributed by atoms with E-state index in [9.17, 15) is 9.59 Å². The number of carbonyl (C=O) groups excluding carboxylic acids is 1. The van der Waals surface area contributed by atoms with E-state index in [-0.39, 0.29) is 11.5 Å². The molecule has 4 nitrogen and oxygen atoms in total. The van der Waals surface area contributed by atoms with Gasteiger partial charge in [-0.3, -0.25) is 9.36 Å². The van der Waals surface area contributed by atoms with Crippen LogP contribution >= 0.6 is 39.0 Å². The van der Waals surface area contributed by atoms with E-state index in [1.54, 1.807) is 29.3 Å². The zero-order valence-electron chi connectivity index (χ0n) is 13.0. The molecule has 0 fully saturated rings. The molecule has 0 amide bonds. The number of pyridine rings is 1. The summed E-state index contributed by atoms with van der Waals surface area (Å²) in [7, 11) is 0. The average Bonchev–Trinajstić information content (AvgIpc) is 2.92. The molecule has 0 bridgehead atoms. The third-order valence-corrected chi connectivity index (χ3v) is 6.47. The van der Waals surface area contributed by atoms with Crippen LogP contribution in [0.1, 0.15) is 16.6 Å². The molecule has 0 atom stereocenters. The normalized spacial score (nSPS) is 11.0. The predicted molar refractivity (Wildman–Crippen MR) is 103 cm³/mol. The maximum atomic E-state index is 12.4. The summed E-state index contributed by atoms with van der Waals surface area (Å²) in [6.07, 6.45) is 2.00. The van der Waals surface area contributed by atoms with Crippen LogP contribution in [-0.4, -0.2) is 23.4 Å². The number of ether oxygens (including phenoxy) is 1. The molecule has 2 aromatic heterocycles. The van der Waals surface area contributed by atoms with Crippen molar-refractivity contribution in [2.24, 2.45) is 0 Å². The van der Waals surface area contributed by atoms with E-state index in [1.807, 2.05) is 30.5 Å². The molecule has 0 saturated heterocycles. The predicted octanol–water partition coefficient (Wildman–Crippen LogP) is 4.71. The lowest BCUT2D eigenvalue weighted by Gasteiger charge is -2.07. The molecular weight excluding hydrogens is 410 g/mol. The zero-order valence-corrected chi connectivity index (χ0v) is 16.3. The van der Waals surface area contributed by atoms with E-state index in [0.29, 0.717) is 20.8 Å². The lowest BCUT2D eigenvalue weighted by atomic mass is 10.2. The summed E-state index contributed by atoms with van der Waals surface area (Å²) >= 11 is 6.36. The number of thioether (sulfide) groups is 1. The number of nitrogens with zero attached hydrogens (tertiary/aromatic N) is 1. The number of carbonyl (C=O) groups is 1. The quantitative estimate of drug-likeness (QED) is 0.450. The van der Waals surface area contributed by atoms with Crippen LogP contribution in [0.25, 0.3) is 15.9 Å². The van der Waals surface area contributed by atoms with E-state index in [2.05, 4.69) is 15.9 Å². The molecule has 0 aliphatic carbocycles. The molecule has 124 valence electrons. The third-order valence-electron chi connectivity index (χ3n) is 3.47. The van der Waals surface area contributed by atoms with Gasteiger partial charge in [0, 0.05) is 16.3 Å². The Morgan fingerprint density at radius 2 is 1.96 bits per heavy atom. The smallest absolute Gasteiger partial charge is 0.349 e. The van der Waals surface area contributed by atoms with Gasteiger partial charge < -0.3 is 4.74 Å². The molecule has 0 spiro atoms. The van der Waals surface area contributed by atoms with Gasteiger partial charge in [-0.25, -0.2) is 4.79 Å². The molecule has 0 N–H and O–H groups in total. The summed E-state index contributed by atoms with van der Waals surface area (Å²) in [6, 6.07) is 11.0. The van der Waals surface area contributed by atoms with Crippen molar-refractivity contribution >= 4 is 55.2 Å². The summed E-state index contributed by atoms with van der Waals surface area (Å²) in [5.74, 6) is -0.387. The molecule has 24 heavy (non-hydrogen) atoms. The second-order valence-corrected chi connectivity index (χ2v) is 7.56. The van der Waals surface area contributed by atoms with Crippen LogP contribution in [0.3, 0.4) is 0 Å². The van der Waals surface area contributed by atoms with Crippen LogP contribution in [-0.2, 0) is 4.74 Å². The molecule has 0 aliphatic rings. The Labute approximate surface area is 155 Å². The molecular formula is C17H14BrNO3S2. The van der Waals surface area contributed by atoms with Crippen molar-refractivity contribution in [3.8, 4) is 5.69 Å². The Hall–Kier alpha value is -1.57. The van der Waals surface area contributed by atoms with Crippen molar-refractivity contribution in [1.29, 1.82) is 0 Å². The van der Waals surface area contributed by atoms with E-state index in [0.717, 1.165) is 16.0 Å². The standard InChI is InChI=1S/C17H14BrNO3S2/c1-3-22-17(21)15-14(18)12-8-9-13(20)19(16(12)24-15)10-4-6-11(23-2)7-5-10/h4-9H,3H2,1-2H3. The third kappa shape index (κ3) is 3.03. The van der Waals surface area contributed by atoms with Gasteiger partial charge >= 0.3 is 5.97 Å². The SMILES string of the molecule is CCOC(=O)c1sc2c(ccc(=O)n2-c2ccc(SC)cc2)c1Br. The molecule has 7 heteroatoms. The Kier molecular flexibility index (Phi) is 5.12. The number of benzene rings is 1. The number of fused-ring (bicyclic) bond motifs is 1. The van der Waals surface area contributed by atoms with Crippen LogP contribution in [0.2, 0.25) is 0 Å². The lowest BCUT2D eigenvalue weighted by molar-refractivity contribution is 0.0531. The minimum atomic E-state index is -0.387. The fourth-order valence-electron chi connectivity index (χ4n) is 2.36. The molecule has 0 unspecified atom stereocenters. The monoisotopic (exact) mass is 423 g/mol. The van der Waals surface area contributed by atoms with Gasteiger partial charge in [0.05, 0.1) is 16.8 Å². The van der Waals surface area contributed by atoms with Crippen LogP contribution in [0, 0.1) is 0 Å². The second-order valence-electron chi connectivity index (χ2n) is 4.89. The minimum Gasteiger partial charge on any atom is -0.462 e. The van der Waals surface area contributed by atoms with Gasteiger partial charge in [0.25, 0.3) is 5.56 Å². The molecule has 0 saturated carbocycles. The topological polar surface area (TPSA) is 48.3 Å². The van der Waals surface area contributed by atoms with Crippen LogP contribution in [0.4, 0.5) is 0 Å². The zero-order chi connectivity index (χ0) is 17.3. The van der Waals surface area contributed by atoms with Crippen LogP contribution < -0.4 is 5.56 Å². The van der Waals surface area contributed by atoms with Gasteiger partial charge in [0.2, 0.25) is 0 Å². The van der Waals surface area contributed by atoms with Crippen molar-refractivity contribution in [3.63, 3.8) is 0 Å². The van der Waals surface area contributed by atoms with Gasteiger partial charge in [0.1, 0.15) is 9.71 Å². The average molecular weight is 424 g/mol. The molecule has 3 aromatic rings. The minimum absolute atomic E-state index is 0.136. The number of aromatic nitrogens is 1. The lowest BCUT2D eigenvalue weighted by Crippen LogP contribution is -2.16. The van der Waals surface area contributed by atoms with Gasteiger partial charge in [0.15, 0.2) is 0 Å². The van der Waals surface area contributed by atoms with E-state index in [1.165, 1.54) is 17.4 Å². The number of halogens is 1. The molecule has 2 heterocycles. The van der Waals surface area contributed by atoms with Gasteiger partial charge in [-0.15, -0.1) is 23.1 Å². The van der Waals surface area contributed by atoms with Gasteiger partial charge in [-0.05, 0) is 59.4 Å². The Balaban J connectivity index is 2.23. The summed E-state index contributed by atoms with van der Waals surface area (Å²) < 4.78 is 7.38. The van der Waals surface area contributed by atoms with Gasteiger partial charge in [-0.1, -0.05) is 0 Å². The first kappa shape index (κ1) is 17.3. The highest BCUT2D eigenvalue weighted by atomic mass is 79.9. The number of esters is 1. The summed E-state index contributed by atoms with van der Waals surface area (Å²) in [5, 5.41) is 0.816. The number of hydrogen-bond donors (Lipinski definition) is 0. The first-order valence-electron chi connectivity index (χ1n) is 7.22. The number of thiophene rings is 1.